The molecule has 2 atom stereocenters. The number of hydrogen-bond donors (Lipinski definition) is 1. The number of hydrogen-bond acceptors (Lipinski definition) is 2. The van der Waals surface area contributed by atoms with Crippen molar-refractivity contribution in [2.75, 3.05) is 13.6 Å². The zero-order chi connectivity index (χ0) is 11.5. The fourth-order valence-corrected chi connectivity index (χ4v) is 2.38. The van der Waals surface area contributed by atoms with E-state index in [1.165, 1.54) is 5.56 Å². The fourth-order valence-electron chi connectivity index (χ4n) is 2.38. The van der Waals surface area contributed by atoms with E-state index in [-0.39, 0.29) is 5.92 Å². The van der Waals surface area contributed by atoms with Crippen LogP contribution in [0, 0.1) is 5.92 Å². The van der Waals surface area contributed by atoms with Gasteiger partial charge in [0.15, 0.2) is 0 Å². The smallest absolute Gasteiger partial charge is 0.307 e. The molecule has 1 aliphatic heterocycles. The van der Waals surface area contributed by atoms with Crippen LogP contribution in [0.25, 0.3) is 0 Å². The zero-order valence-corrected chi connectivity index (χ0v) is 9.47. The lowest BCUT2D eigenvalue weighted by atomic mass is 10.00. The van der Waals surface area contributed by atoms with Crippen LogP contribution < -0.4 is 0 Å². The van der Waals surface area contributed by atoms with Crippen LogP contribution in [0.5, 0.6) is 0 Å². The first kappa shape index (κ1) is 11.1. The third kappa shape index (κ3) is 2.42. The largest absolute Gasteiger partial charge is 0.481 e. The lowest BCUT2D eigenvalue weighted by molar-refractivity contribution is -0.141. The molecule has 0 spiro atoms. The molecule has 16 heavy (non-hydrogen) atoms. The Morgan fingerprint density at radius 1 is 1.44 bits per heavy atom. The zero-order valence-electron chi connectivity index (χ0n) is 9.47. The van der Waals surface area contributed by atoms with E-state index in [9.17, 15) is 4.79 Å². The Labute approximate surface area is 95.7 Å². The maximum Gasteiger partial charge on any atom is 0.307 e. The second-order valence-corrected chi connectivity index (χ2v) is 4.55. The molecule has 2 rings (SSSR count). The van der Waals surface area contributed by atoms with Crippen molar-refractivity contribution in [2.24, 2.45) is 5.92 Å². The number of aliphatic carboxylic acids is 1. The van der Waals surface area contributed by atoms with Gasteiger partial charge in [-0.25, -0.2) is 0 Å². The molecule has 1 aliphatic rings. The van der Waals surface area contributed by atoms with E-state index in [1.807, 2.05) is 25.2 Å². The number of nitrogens with zero attached hydrogens (tertiary/aromatic N) is 1. The van der Waals surface area contributed by atoms with Gasteiger partial charge in [0.05, 0.1) is 5.92 Å². The normalized spacial score (nSPS) is 25.8. The van der Waals surface area contributed by atoms with Gasteiger partial charge >= 0.3 is 5.97 Å². The SMILES string of the molecule is CN1CC(C(=O)O)CC1Cc1ccccc1. The number of carboxylic acids is 1. The first-order valence-corrected chi connectivity index (χ1v) is 5.64. The van der Waals surface area contributed by atoms with E-state index >= 15 is 0 Å². The third-order valence-electron chi connectivity index (χ3n) is 3.35. The van der Waals surface area contributed by atoms with Gasteiger partial charge in [0, 0.05) is 12.6 Å². The van der Waals surface area contributed by atoms with Gasteiger partial charge < -0.3 is 10.0 Å². The summed E-state index contributed by atoms with van der Waals surface area (Å²) in [5.41, 5.74) is 1.28. The van der Waals surface area contributed by atoms with E-state index in [2.05, 4.69) is 17.0 Å². The summed E-state index contributed by atoms with van der Waals surface area (Å²) in [6.07, 6.45) is 1.71. The summed E-state index contributed by atoms with van der Waals surface area (Å²) >= 11 is 0. The molecule has 0 radical (unpaired) electrons. The Kier molecular flexibility index (Phi) is 3.25. The number of likely N-dealkylation sites (tertiary alicyclic amines) is 1. The van der Waals surface area contributed by atoms with Gasteiger partial charge in [-0.1, -0.05) is 30.3 Å². The quantitative estimate of drug-likeness (QED) is 0.840. The Hall–Kier alpha value is -1.35. The summed E-state index contributed by atoms with van der Waals surface area (Å²) in [5.74, 6) is -0.860. The van der Waals surface area contributed by atoms with Crippen LogP contribution in [0.4, 0.5) is 0 Å². The summed E-state index contributed by atoms with van der Waals surface area (Å²) in [6, 6.07) is 10.6. The highest BCUT2D eigenvalue weighted by molar-refractivity contribution is 5.70. The summed E-state index contributed by atoms with van der Waals surface area (Å²) in [6.45, 7) is 0.673. The summed E-state index contributed by atoms with van der Waals surface area (Å²) in [5, 5.41) is 8.99. The highest BCUT2D eigenvalue weighted by atomic mass is 16.4. The molecule has 1 aromatic rings. The molecule has 0 amide bonds. The first-order chi connectivity index (χ1) is 7.66. The van der Waals surface area contributed by atoms with Crippen molar-refractivity contribution in [3.8, 4) is 0 Å². The molecule has 2 unspecified atom stereocenters. The second kappa shape index (κ2) is 4.66. The standard InChI is InChI=1S/C13H17NO2/c1-14-9-11(13(15)16)8-12(14)7-10-5-3-2-4-6-10/h2-6,11-12H,7-9H2,1H3,(H,15,16). The van der Waals surface area contributed by atoms with Crippen LogP contribution in [0.2, 0.25) is 0 Å². The molecule has 1 aromatic carbocycles. The topological polar surface area (TPSA) is 40.5 Å². The summed E-state index contributed by atoms with van der Waals surface area (Å²) in [7, 11) is 2.01. The van der Waals surface area contributed by atoms with Crippen LogP contribution in [-0.2, 0) is 11.2 Å². The lowest BCUT2D eigenvalue weighted by Crippen LogP contribution is -2.27. The van der Waals surface area contributed by atoms with Gasteiger partial charge in [-0.05, 0) is 25.5 Å². The van der Waals surface area contributed by atoms with Crippen molar-refractivity contribution in [3.63, 3.8) is 0 Å². The van der Waals surface area contributed by atoms with E-state index < -0.39 is 5.97 Å². The Bertz CT molecular complexity index is 363. The van der Waals surface area contributed by atoms with Crippen molar-refractivity contribution in [1.29, 1.82) is 0 Å². The minimum atomic E-state index is -0.664. The van der Waals surface area contributed by atoms with Crippen LogP contribution in [0.15, 0.2) is 30.3 Å². The lowest BCUT2D eigenvalue weighted by Gasteiger charge is -2.18. The Morgan fingerprint density at radius 3 is 2.69 bits per heavy atom. The van der Waals surface area contributed by atoms with Crippen LogP contribution in [0.1, 0.15) is 12.0 Å². The van der Waals surface area contributed by atoms with E-state index in [0.717, 1.165) is 12.8 Å². The van der Waals surface area contributed by atoms with Crippen molar-refractivity contribution in [3.05, 3.63) is 35.9 Å². The minimum Gasteiger partial charge on any atom is -0.481 e. The van der Waals surface area contributed by atoms with Gasteiger partial charge in [-0.3, -0.25) is 4.79 Å². The molecule has 0 bridgehead atoms. The molecule has 1 heterocycles. The highest BCUT2D eigenvalue weighted by Crippen LogP contribution is 2.24. The number of rotatable bonds is 3. The Morgan fingerprint density at radius 2 is 2.12 bits per heavy atom. The van der Waals surface area contributed by atoms with Crippen LogP contribution in [0.3, 0.4) is 0 Å². The minimum absolute atomic E-state index is 0.196. The molecule has 0 aromatic heterocycles. The predicted octanol–water partition coefficient (Wildman–Crippen LogP) is 1.63. The number of carboxylic acid groups (broad SMARTS) is 1. The number of benzene rings is 1. The van der Waals surface area contributed by atoms with Gasteiger partial charge in [0.2, 0.25) is 0 Å². The van der Waals surface area contributed by atoms with Gasteiger partial charge in [-0.2, -0.15) is 0 Å². The maximum absolute atomic E-state index is 10.9. The van der Waals surface area contributed by atoms with E-state index in [4.69, 9.17) is 5.11 Å². The highest BCUT2D eigenvalue weighted by Gasteiger charge is 2.33. The second-order valence-electron chi connectivity index (χ2n) is 4.55. The maximum atomic E-state index is 10.9. The van der Waals surface area contributed by atoms with Crippen molar-refractivity contribution in [2.45, 2.75) is 18.9 Å². The average Bonchev–Trinajstić information content (AvgIpc) is 2.62. The first-order valence-electron chi connectivity index (χ1n) is 5.64. The molecule has 1 N–H and O–H groups in total. The molecule has 0 aliphatic carbocycles. The van der Waals surface area contributed by atoms with Gasteiger partial charge in [0.25, 0.3) is 0 Å². The van der Waals surface area contributed by atoms with E-state index in [1.54, 1.807) is 0 Å². The van der Waals surface area contributed by atoms with Crippen LogP contribution >= 0.6 is 0 Å². The van der Waals surface area contributed by atoms with Crippen molar-refractivity contribution >= 4 is 5.97 Å². The molecular weight excluding hydrogens is 202 g/mol. The van der Waals surface area contributed by atoms with Gasteiger partial charge in [-0.15, -0.1) is 0 Å². The third-order valence-corrected chi connectivity index (χ3v) is 3.35. The molecule has 1 fully saturated rings. The van der Waals surface area contributed by atoms with Crippen LogP contribution in [-0.4, -0.2) is 35.6 Å². The Balaban J connectivity index is 1.99. The van der Waals surface area contributed by atoms with Crippen molar-refractivity contribution in [1.82, 2.24) is 4.90 Å². The monoisotopic (exact) mass is 219 g/mol. The molecule has 3 heteroatoms. The number of carbonyl (C=O) groups is 1. The van der Waals surface area contributed by atoms with E-state index in [0.29, 0.717) is 12.6 Å². The molecule has 86 valence electrons. The summed E-state index contributed by atoms with van der Waals surface area (Å²) < 4.78 is 0. The molecule has 0 saturated carbocycles. The number of likely N-dealkylation sites (N-methyl/N-ethyl adjacent to an activating group) is 1. The average molecular weight is 219 g/mol. The molecule has 1 saturated heterocycles. The van der Waals surface area contributed by atoms with Gasteiger partial charge in [0.1, 0.15) is 0 Å². The predicted molar refractivity (Wildman–Crippen MR) is 62.3 cm³/mol. The summed E-state index contributed by atoms with van der Waals surface area (Å²) in [4.78, 5) is 13.1. The molecular formula is C13H17NO2. The molecule has 3 nitrogen and oxygen atoms in total. The fraction of sp³-hybridized carbons (Fsp3) is 0.462. The van der Waals surface area contributed by atoms with Crippen molar-refractivity contribution < 1.29 is 9.90 Å².